The lowest BCUT2D eigenvalue weighted by molar-refractivity contribution is -0.123. The maximum absolute atomic E-state index is 13.3. The van der Waals surface area contributed by atoms with Crippen LogP contribution in [0.4, 0.5) is 0 Å². The lowest BCUT2D eigenvalue weighted by Gasteiger charge is -2.22. The Kier molecular flexibility index (Phi) is 8.77. The largest absolute Gasteiger partial charge is 0.496 e. The van der Waals surface area contributed by atoms with E-state index in [0.29, 0.717) is 11.3 Å². The number of amides is 1. The Hall–Kier alpha value is -2.81. The van der Waals surface area contributed by atoms with E-state index in [1.807, 2.05) is 67.8 Å². The number of benzene rings is 3. The molecule has 0 bridgehead atoms. The first kappa shape index (κ1) is 25.8. The number of carbonyl (C=O) groups excluding carboxylic acids is 1. The summed E-state index contributed by atoms with van der Waals surface area (Å²) in [6.07, 6.45) is 2.23. The molecule has 6 nitrogen and oxygen atoms in total. The van der Waals surface area contributed by atoms with Gasteiger partial charge in [-0.25, -0.2) is 8.42 Å². The second-order valence-corrected chi connectivity index (χ2v) is 10.6. The summed E-state index contributed by atoms with van der Waals surface area (Å²) in [5, 5.41) is 2.96. The van der Waals surface area contributed by atoms with E-state index in [1.54, 1.807) is 24.8 Å². The molecule has 0 aromatic heterocycles. The number of hydrogen-bond donors (Lipinski definition) is 2. The monoisotopic (exact) mass is 498 g/mol. The molecule has 8 heteroatoms. The van der Waals surface area contributed by atoms with Gasteiger partial charge in [-0.3, -0.25) is 4.79 Å². The molecule has 1 amide bonds. The number of aryl methyl sites for hydroxylation is 1. The Morgan fingerprint density at radius 3 is 2.29 bits per heavy atom. The molecule has 0 aliphatic rings. The zero-order valence-electron chi connectivity index (χ0n) is 19.7. The molecule has 0 spiro atoms. The summed E-state index contributed by atoms with van der Waals surface area (Å²) in [6.45, 7) is 3.66. The van der Waals surface area contributed by atoms with Gasteiger partial charge in [-0.2, -0.15) is 4.72 Å². The molecule has 0 aliphatic heterocycles. The minimum absolute atomic E-state index is 0.0809. The molecular weight excluding hydrogens is 468 g/mol. The van der Waals surface area contributed by atoms with Gasteiger partial charge in [0.1, 0.15) is 11.8 Å². The quantitative estimate of drug-likeness (QED) is 0.402. The minimum Gasteiger partial charge on any atom is -0.496 e. The first-order chi connectivity index (χ1) is 16.2. The Labute approximate surface area is 206 Å². The van der Waals surface area contributed by atoms with E-state index < -0.39 is 16.1 Å². The first-order valence-electron chi connectivity index (χ1n) is 10.9. The van der Waals surface area contributed by atoms with E-state index in [4.69, 9.17) is 4.74 Å². The van der Waals surface area contributed by atoms with E-state index in [0.717, 1.165) is 16.0 Å². The number of methoxy groups -OCH3 is 1. The van der Waals surface area contributed by atoms with E-state index >= 15 is 0 Å². The average Bonchev–Trinajstić information content (AvgIpc) is 2.84. The highest BCUT2D eigenvalue weighted by Gasteiger charge is 2.27. The zero-order chi connectivity index (χ0) is 24.7. The highest BCUT2D eigenvalue weighted by molar-refractivity contribution is 7.98. The van der Waals surface area contributed by atoms with Crippen molar-refractivity contribution < 1.29 is 17.9 Å². The number of carbonyl (C=O) groups is 1. The Balaban J connectivity index is 1.83. The van der Waals surface area contributed by atoms with Crippen LogP contribution in [0.2, 0.25) is 0 Å². The number of nitrogens with one attached hydrogen (secondary N) is 2. The van der Waals surface area contributed by atoms with Gasteiger partial charge in [-0.15, -0.1) is 11.8 Å². The number of rotatable bonds is 10. The van der Waals surface area contributed by atoms with Crippen LogP contribution >= 0.6 is 11.8 Å². The van der Waals surface area contributed by atoms with Gasteiger partial charge in [0.15, 0.2) is 0 Å². The summed E-state index contributed by atoms with van der Waals surface area (Å²) in [5.41, 5.74) is 2.49. The van der Waals surface area contributed by atoms with Crippen LogP contribution in [0, 0.1) is 6.92 Å². The molecule has 3 aromatic rings. The molecule has 0 fully saturated rings. The smallest absolute Gasteiger partial charge is 0.241 e. The predicted molar refractivity (Wildman–Crippen MR) is 137 cm³/mol. The van der Waals surface area contributed by atoms with Gasteiger partial charge >= 0.3 is 0 Å². The minimum atomic E-state index is -3.95. The third-order valence-electron chi connectivity index (χ3n) is 5.55. The fourth-order valence-corrected chi connectivity index (χ4v) is 5.29. The topological polar surface area (TPSA) is 84.5 Å². The fourth-order valence-electron chi connectivity index (χ4n) is 3.60. The van der Waals surface area contributed by atoms with Crippen molar-refractivity contribution in [2.75, 3.05) is 13.4 Å². The van der Waals surface area contributed by atoms with Crippen LogP contribution in [0.15, 0.2) is 82.6 Å². The van der Waals surface area contributed by atoms with Crippen LogP contribution in [0.1, 0.15) is 29.7 Å². The lowest BCUT2D eigenvalue weighted by atomic mass is 10.0. The maximum atomic E-state index is 13.3. The van der Waals surface area contributed by atoms with Crippen LogP contribution in [0.3, 0.4) is 0 Å². The van der Waals surface area contributed by atoms with Crippen molar-refractivity contribution in [2.24, 2.45) is 0 Å². The van der Waals surface area contributed by atoms with Crippen LogP contribution in [-0.2, 0) is 21.2 Å². The normalized spacial score (nSPS) is 13.2. The second kappa shape index (κ2) is 11.6. The van der Waals surface area contributed by atoms with Crippen molar-refractivity contribution in [3.05, 3.63) is 89.5 Å². The van der Waals surface area contributed by atoms with E-state index in [9.17, 15) is 13.2 Å². The van der Waals surface area contributed by atoms with Gasteiger partial charge in [0.25, 0.3) is 0 Å². The van der Waals surface area contributed by atoms with Crippen LogP contribution < -0.4 is 14.8 Å². The molecule has 3 rings (SSSR count). The first-order valence-corrected chi connectivity index (χ1v) is 13.6. The summed E-state index contributed by atoms with van der Waals surface area (Å²) in [6, 6.07) is 20.6. The summed E-state index contributed by atoms with van der Waals surface area (Å²) in [4.78, 5) is 14.5. The standard InChI is InChI=1S/C26H30N2O4S2/c1-18-16-23(14-15-25(18)32-3)34(30,31)28-24(17-20-8-6-5-7-9-20)26(29)27-19(2)21-10-12-22(33-4)13-11-21/h5-16,19,24,28H,17H2,1-4H3,(H,27,29)/t19-,24-/m1/s1. The van der Waals surface area contributed by atoms with Gasteiger partial charge in [0, 0.05) is 4.90 Å². The van der Waals surface area contributed by atoms with Crippen molar-refractivity contribution in [3.8, 4) is 5.75 Å². The fraction of sp³-hybridized carbons (Fsp3) is 0.269. The van der Waals surface area contributed by atoms with Crippen molar-refractivity contribution >= 4 is 27.7 Å². The number of ether oxygens (including phenoxy) is 1. The molecule has 34 heavy (non-hydrogen) atoms. The predicted octanol–water partition coefficient (Wildman–Crippen LogP) is 4.49. The van der Waals surface area contributed by atoms with Crippen molar-refractivity contribution in [1.82, 2.24) is 10.0 Å². The van der Waals surface area contributed by atoms with Gasteiger partial charge in [-0.05, 0) is 73.5 Å². The Bertz CT molecular complexity index is 1210. The molecule has 0 unspecified atom stereocenters. The maximum Gasteiger partial charge on any atom is 0.241 e. The molecule has 0 saturated carbocycles. The highest BCUT2D eigenvalue weighted by Crippen LogP contribution is 2.22. The molecule has 0 radical (unpaired) electrons. The number of sulfonamides is 1. The Morgan fingerprint density at radius 1 is 1.03 bits per heavy atom. The second-order valence-electron chi connectivity index (χ2n) is 8.00. The van der Waals surface area contributed by atoms with Crippen molar-refractivity contribution in [2.45, 2.75) is 42.1 Å². The zero-order valence-corrected chi connectivity index (χ0v) is 21.4. The van der Waals surface area contributed by atoms with Crippen LogP contribution in [-0.4, -0.2) is 33.7 Å². The molecule has 0 aliphatic carbocycles. The third-order valence-corrected chi connectivity index (χ3v) is 7.76. The average molecular weight is 499 g/mol. The van der Waals surface area contributed by atoms with E-state index in [1.165, 1.54) is 19.2 Å². The van der Waals surface area contributed by atoms with Crippen molar-refractivity contribution in [3.63, 3.8) is 0 Å². The number of thioether (sulfide) groups is 1. The number of hydrogen-bond acceptors (Lipinski definition) is 5. The summed E-state index contributed by atoms with van der Waals surface area (Å²) in [5.74, 6) is 0.206. The molecular formula is C26H30N2O4S2. The van der Waals surface area contributed by atoms with Gasteiger partial charge in [0.05, 0.1) is 18.0 Å². The van der Waals surface area contributed by atoms with Gasteiger partial charge in [-0.1, -0.05) is 42.5 Å². The van der Waals surface area contributed by atoms with E-state index in [2.05, 4.69) is 10.0 Å². The molecule has 180 valence electrons. The third kappa shape index (κ3) is 6.62. The molecule has 2 atom stereocenters. The van der Waals surface area contributed by atoms with Gasteiger partial charge in [0.2, 0.25) is 15.9 Å². The molecule has 3 aromatic carbocycles. The Morgan fingerprint density at radius 2 is 1.71 bits per heavy atom. The summed E-state index contributed by atoms with van der Waals surface area (Å²) < 4.78 is 34.2. The van der Waals surface area contributed by atoms with E-state index in [-0.39, 0.29) is 23.3 Å². The molecule has 0 saturated heterocycles. The SMILES string of the molecule is COc1ccc(S(=O)(=O)N[C@H](Cc2ccccc2)C(=O)N[C@H](C)c2ccc(SC)cc2)cc1C. The molecule has 2 N–H and O–H groups in total. The lowest BCUT2D eigenvalue weighted by Crippen LogP contribution is -2.48. The molecule has 0 heterocycles. The van der Waals surface area contributed by atoms with Gasteiger partial charge < -0.3 is 10.1 Å². The van der Waals surface area contributed by atoms with Crippen LogP contribution in [0.5, 0.6) is 5.75 Å². The van der Waals surface area contributed by atoms with Crippen molar-refractivity contribution in [1.29, 1.82) is 0 Å². The highest BCUT2D eigenvalue weighted by atomic mass is 32.2. The summed E-state index contributed by atoms with van der Waals surface area (Å²) >= 11 is 1.64. The summed E-state index contributed by atoms with van der Waals surface area (Å²) in [7, 11) is -2.42. The van der Waals surface area contributed by atoms with Crippen LogP contribution in [0.25, 0.3) is 0 Å².